The number of hydrogen-bond donors (Lipinski definition) is 0. The molecule has 3 aliphatic rings. The standard InChI is InChI=1S/C15H24O/c1-9-5-6-11-12-7-13(16)10(2)15(9,12)8-14(11,3)4/h9-12H,5-8H2,1-4H3/t9-,10-,11-,12-,15+/m1/s1. The Hall–Kier alpha value is -0.330. The second-order valence-electron chi connectivity index (χ2n) is 7.36. The summed E-state index contributed by atoms with van der Waals surface area (Å²) in [5, 5.41) is 0. The first kappa shape index (κ1) is 10.8. The first-order valence-electron chi connectivity index (χ1n) is 6.92. The minimum Gasteiger partial charge on any atom is -0.299 e. The predicted octanol–water partition coefficient (Wildman–Crippen LogP) is 3.67. The third kappa shape index (κ3) is 1.01. The summed E-state index contributed by atoms with van der Waals surface area (Å²) in [5.74, 6) is 3.18. The molecule has 0 aromatic rings. The predicted molar refractivity (Wildman–Crippen MR) is 65.0 cm³/mol. The zero-order valence-corrected chi connectivity index (χ0v) is 11.0. The van der Waals surface area contributed by atoms with Gasteiger partial charge in [0, 0.05) is 12.3 Å². The van der Waals surface area contributed by atoms with Crippen molar-refractivity contribution in [1.82, 2.24) is 0 Å². The Morgan fingerprint density at radius 2 is 1.81 bits per heavy atom. The molecule has 0 amide bonds. The molecule has 16 heavy (non-hydrogen) atoms. The van der Waals surface area contributed by atoms with Gasteiger partial charge in [-0.25, -0.2) is 0 Å². The molecule has 3 rings (SSSR count). The second-order valence-corrected chi connectivity index (χ2v) is 7.36. The smallest absolute Gasteiger partial charge is 0.136 e. The van der Waals surface area contributed by atoms with Gasteiger partial charge in [-0.15, -0.1) is 0 Å². The van der Waals surface area contributed by atoms with E-state index in [-0.39, 0.29) is 0 Å². The van der Waals surface area contributed by atoms with E-state index in [1.54, 1.807) is 0 Å². The van der Waals surface area contributed by atoms with Crippen LogP contribution in [0.1, 0.15) is 53.4 Å². The fourth-order valence-electron chi connectivity index (χ4n) is 5.73. The van der Waals surface area contributed by atoms with Crippen molar-refractivity contribution in [3.05, 3.63) is 0 Å². The van der Waals surface area contributed by atoms with Crippen LogP contribution < -0.4 is 0 Å². The summed E-state index contributed by atoms with van der Waals surface area (Å²) in [4.78, 5) is 12.1. The number of hydrogen-bond acceptors (Lipinski definition) is 1. The molecule has 0 radical (unpaired) electrons. The minimum absolute atomic E-state index is 0.331. The maximum absolute atomic E-state index is 12.1. The molecule has 0 N–H and O–H groups in total. The Balaban J connectivity index is 2.11. The minimum atomic E-state index is 0.331. The number of rotatable bonds is 0. The van der Waals surface area contributed by atoms with E-state index in [1.807, 2.05) is 0 Å². The number of carbonyl (C=O) groups is 1. The summed E-state index contributed by atoms with van der Waals surface area (Å²) in [5.41, 5.74) is 0.855. The molecular weight excluding hydrogens is 196 g/mol. The van der Waals surface area contributed by atoms with Crippen molar-refractivity contribution in [2.45, 2.75) is 53.4 Å². The lowest BCUT2D eigenvalue weighted by Crippen LogP contribution is -2.39. The van der Waals surface area contributed by atoms with Crippen molar-refractivity contribution in [2.75, 3.05) is 0 Å². The zero-order valence-electron chi connectivity index (χ0n) is 11.0. The highest BCUT2D eigenvalue weighted by Gasteiger charge is 2.67. The van der Waals surface area contributed by atoms with Crippen LogP contribution in [0.25, 0.3) is 0 Å². The van der Waals surface area contributed by atoms with Gasteiger partial charge in [0.15, 0.2) is 0 Å². The van der Waals surface area contributed by atoms with Crippen molar-refractivity contribution in [2.24, 2.45) is 34.5 Å². The van der Waals surface area contributed by atoms with E-state index in [0.29, 0.717) is 28.4 Å². The SMILES string of the molecule is C[C@@H]1CC[C@@H]2[C@H]3CC(=O)[C@@H](C)[C@]13CC2(C)C. The Kier molecular flexibility index (Phi) is 1.97. The Bertz CT molecular complexity index is 343. The van der Waals surface area contributed by atoms with Gasteiger partial charge in [0.1, 0.15) is 5.78 Å². The molecule has 2 bridgehead atoms. The van der Waals surface area contributed by atoms with E-state index in [0.717, 1.165) is 18.3 Å². The van der Waals surface area contributed by atoms with Gasteiger partial charge in [-0.05, 0) is 47.8 Å². The van der Waals surface area contributed by atoms with Crippen LogP contribution >= 0.6 is 0 Å². The average Bonchev–Trinajstić information content (AvgIpc) is 2.51. The fraction of sp³-hybridized carbons (Fsp3) is 0.933. The lowest BCUT2D eigenvalue weighted by molar-refractivity contribution is -0.122. The van der Waals surface area contributed by atoms with Crippen molar-refractivity contribution in [1.29, 1.82) is 0 Å². The largest absolute Gasteiger partial charge is 0.299 e. The van der Waals surface area contributed by atoms with E-state index >= 15 is 0 Å². The maximum Gasteiger partial charge on any atom is 0.136 e. The molecular formula is C15H24O. The van der Waals surface area contributed by atoms with Crippen molar-refractivity contribution < 1.29 is 4.79 Å². The van der Waals surface area contributed by atoms with Crippen LogP contribution in [0.15, 0.2) is 0 Å². The summed E-state index contributed by atoms with van der Waals surface area (Å²) in [6, 6.07) is 0. The summed E-state index contributed by atoms with van der Waals surface area (Å²) >= 11 is 0. The number of Topliss-reactive ketones (excluding diaryl/α,β-unsaturated/α-hetero) is 1. The van der Waals surface area contributed by atoms with Crippen molar-refractivity contribution >= 4 is 5.78 Å². The number of ketones is 1. The summed E-state index contributed by atoms with van der Waals surface area (Å²) < 4.78 is 0. The monoisotopic (exact) mass is 220 g/mol. The van der Waals surface area contributed by atoms with E-state index in [4.69, 9.17) is 0 Å². The lowest BCUT2D eigenvalue weighted by atomic mass is 9.60. The van der Waals surface area contributed by atoms with Crippen LogP contribution in [0, 0.1) is 34.5 Å². The molecule has 90 valence electrons. The Morgan fingerprint density at radius 3 is 2.44 bits per heavy atom. The molecule has 0 aromatic heterocycles. The third-order valence-corrected chi connectivity index (χ3v) is 6.48. The zero-order chi connectivity index (χ0) is 11.7. The molecule has 0 aromatic carbocycles. The Labute approximate surface area is 99.0 Å². The third-order valence-electron chi connectivity index (χ3n) is 6.48. The highest BCUT2D eigenvalue weighted by molar-refractivity contribution is 5.85. The van der Waals surface area contributed by atoms with Gasteiger partial charge in [-0.2, -0.15) is 0 Å². The fourth-order valence-corrected chi connectivity index (χ4v) is 5.73. The molecule has 3 aliphatic carbocycles. The highest BCUT2D eigenvalue weighted by Crippen LogP contribution is 2.71. The maximum atomic E-state index is 12.1. The molecule has 3 saturated carbocycles. The Morgan fingerprint density at radius 1 is 1.12 bits per heavy atom. The molecule has 0 unspecified atom stereocenters. The average molecular weight is 220 g/mol. The quantitative estimate of drug-likeness (QED) is 0.608. The molecule has 1 heteroatoms. The normalized spacial score (nSPS) is 54.1. The summed E-state index contributed by atoms with van der Waals surface area (Å²) in [7, 11) is 0. The van der Waals surface area contributed by atoms with Crippen LogP contribution in [0.3, 0.4) is 0 Å². The molecule has 3 fully saturated rings. The molecule has 0 spiro atoms. The van der Waals surface area contributed by atoms with E-state index in [2.05, 4.69) is 27.7 Å². The van der Waals surface area contributed by atoms with Crippen molar-refractivity contribution in [3.63, 3.8) is 0 Å². The first-order valence-corrected chi connectivity index (χ1v) is 6.92. The molecule has 0 aliphatic heterocycles. The van der Waals surface area contributed by atoms with Crippen LogP contribution in [-0.2, 0) is 4.79 Å². The van der Waals surface area contributed by atoms with Gasteiger partial charge in [0.05, 0.1) is 0 Å². The summed E-state index contributed by atoms with van der Waals surface area (Å²) in [6.07, 6.45) is 4.89. The van der Waals surface area contributed by atoms with E-state index in [9.17, 15) is 4.79 Å². The van der Waals surface area contributed by atoms with Crippen LogP contribution in [0.2, 0.25) is 0 Å². The van der Waals surface area contributed by atoms with Gasteiger partial charge in [0.25, 0.3) is 0 Å². The first-order chi connectivity index (χ1) is 7.39. The topological polar surface area (TPSA) is 17.1 Å². The summed E-state index contributed by atoms with van der Waals surface area (Å²) in [6.45, 7) is 9.49. The van der Waals surface area contributed by atoms with Crippen molar-refractivity contribution in [3.8, 4) is 0 Å². The van der Waals surface area contributed by atoms with Gasteiger partial charge >= 0.3 is 0 Å². The second kappa shape index (κ2) is 2.91. The van der Waals surface area contributed by atoms with Crippen LogP contribution in [0.5, 0.6) is 0 Å². The van der Waals surface area contributed by atoms with E-state index in [1.165, 1.54) is 19.3 Å². The number of carbonyl (C=O) groups excluding carboxylic acids is 1. The van der Waals surface area contributed by atoms with E-state index < -0.39 is 0 Å². The van der Waals surface area contributed by atoms with Gasteiger partial charge < -0.3 is 0 Å². The molecule has 0 heterocycles. The van der Waals surface area contributed by atoms with Gasteiger partial charge in [-0.3, -0.25) is 4.79 Å². The van der Waals surface area contributed by atoms with Gasteiger partial charge in [-0.1, -0.05) is 27.7 Å². The highest BCUT2D eigenvalue weighted by atomic mass is 16.1. The lowest BCUT2D eigenvalue weighted by Gasteiger charge is -2.43. The van der Waals surface area contributed by atoms with Gasteiger partial charge in [0.2, 0.25) is 0 Å². The van der Waals surface area contributed by atoms with Crippen LogP contribution in [0.4, 0.5) is 0 Å². The molecule has 0 saturated heterocycles. The van der Waals surface area contributed by atoms with Crippen LogP contribution in [-0.4, -0.2) is 5.78 Å². The molecule has 5 atom stereocenters. The molecule has 1 nitrogen and oxygen atoms in total.